The Balaban J connectivity index is 2.08. The molecule has 0 aromatic heterocycles. The smallest absolute Gasteiger partial charge is 0.264 e. The Labute approximate surface area is 235 Å². The van der Waals surface area contributed by atoms with Crippen molar-refractivity contribution in [2.75, 3.05) is 24.5 Å². The van der Waals surface area contributed by atoms with E-state index in [4.69, 9.17) is 16.3 Å². The maximum Gasteiger partial charge on any atom is 0.264 e. The number of carbonyl (C=O) groups excluding carboxylic acids is 2. The Bertz CT molecular complexity index is 1380. The van der Waals surface area contributed by atoms with E-state index in [2.05, 4.69) is 5.32 Å². The largest absolute Gasteiger partial charge is 0.497 e. The van der Waals surface area contributed by atoms with Crippen LogP contribution in [0.25, 0.3) is 0 Å². The van der Waals surface area contributed by atoms with Crippen molar-refractivity contribution in [1.29, 1.82) is 0 Å². The van der Waals surface area contributed by atoms with Crippen LogP contribution in [0.5, 0.6) is 5.75 Å². The molecule has 3 aromatic rings. The number of nitrogens with zero attached hydrogens (tertiary/aromatic N) is 2. The number of likely N-dealkylation sites (N-methyl/N-ethyl adjacent to an activating group) is 1. The van der Waals surface area contributed by atoms with E-state index in [1.54, 1.807) is 69.5 Å². The van der Waals surface area contributed by atoms with E-state index >= 15 is 0 Å². The standard InChI is InChI=1S/C29H34ClN3O5S/c1-5-26(29(35)31-6-2)32(19-22-15-17-23(38-4)18-16-22)28(34)20-33(27-14-10-13-25(30)21(27)3)39(36,37)24-11-8-7-9-12-24/h7-18,26H,5-6,19-20H2,1-4H3,(H,31,35). The topological polar surface area (TPSA) is 96.0 Å². The monoisotopic (exact) mass is 571 g/mol. The number of benzene rings is 3. The molecule has 208 valence electrons. The molecule has 0 aliphatic rings. The molecule has 2 amide bonds. The summed E-state index contributed by atoms with van der Waals surface area (Å²) in [5, 5.41) is 3.16. The van der Waals surface area contributed by atoms with Crippen LogP contribution in [0.3, 0.4) is 0 Å². The highest BCUT2D eigenvalue weighted by molar-refractivity contribution is 7.92. The Morgan fingerprint density at radius 1 is 0.974 bits per heavy atom. The zero-order valence-corrected chi connectivity index (χ0v) is 24.1. The molecule has 0 saturated carbocycles. The van der Waals surface area contributed by atoms with Gasteiger partial charge in [0.05, 0.1) is 17.7 Å². The summed E-state index contributed by atoms with van der Waals surface area (Å²) in [4.78, 5) is 28.5. The van der Waals surface area contributed by atoms with Crippen molar-refractivity contribution in [3.8, 4) is 5.75 Å². The van der Waals surface area contributed by atoms with Crippen molar-refractivity contribution in [3.05, 3.63) is 88.9 Å². The lowest BCUT2D eigenvalue weighted by Crippen LogP contribution is -2.52. The number of nitrogens with one attached hydrogen (secondary N) is 1. The van der Waals surface area contributed by atoms with Crippen molar-refractivity contribution >= 4 is 39.1 Å². The molecule has 0 aliphatic carbocycles. The molecule has 1 N–H and O–H groups in total. The molecule has 0 radical (unpaired) electrons. The average Bonchev–Trinajstić information content (AvgIpc) is 2.94. The van der Waals surface area contributed by atoms with Crippen LogP contribution >= 0.6 is 11.6 Å². The summed E-state index contributed by atoms with van der Waals surface area (Å²) in [7, 11) is -2.59. The van der Waals surface area contributed by atoms with Crippen LogP contribution in [0.4, 0.5) is 5.69 Å². The van der Waals surface area contributed by atoms with Gasteiger partial charge in [0, 0.05) is 18.1 Å². The maximum atomic E-state index is 14.0. The number of amides is 2. The summed E-state index contributed by atoms with van der Waals surface area (Å²) >= 11 is 6.35. The summed E-state index contributed by atoms with van der Waals surface area (Å²) in [5.74, 6) is -0.176. The molecule has 1 atom stereocenters. The molecule has 0 aliphatic heterocycles. The molecule has 10 heteroatoms. The van der Waals surface area contributed by atoms with Gasteiger partial charge in [-0.1, -0.05) is 54.9 Å². The molecule has 3 aromatic carbocycles. The lowest BCUT2D eigenvalue weighted by molar-refractivity contribution is -0.140. The van der Waals surface area contributed by atoms with Crippen LogP contribution in [0, 0.1) is 6.92 Å². The minimum Gasteiger partial charge on any atom is -0.497 e. The van der Waals surface area contributed by atoms with E-state index in [9.17, 15) is 18.0 Å². The van der Waals surface area contributed by atoms with E-state index in [1.165, 1.54) is 17.0 Å². The number of hydrogen-bond acceptors (Lipinski definition) is 5. The Hall–Kier alpha value is -3.56. The predicted octanol–water partition coefficient (Wildman–Crippen LogP) is 4.80. The Kier molecular flexibility index (Phi) is 10.4. The molecular formula is C29H34ClN3O5S. The van der Waals surface area contributed by atoms with E-state index in [0.717, 1.165) is 9.87 Å². The molecule has 3 rings (SSSR count). The fraction of sp³-hybridized carbons (Fsp3) is 0.310. The number of anilines is 1. The third kappa shape index (κ3) is 7.10. The highest BCUT2D eigenvalue weighted by atomic mass is 35.5. The minimum atomic E-state index is -4.16. The third-order valence-electron chi connectivity index (χ3n) is 6.37. The molecule has 1 unspecified atom stereocenters. The third-order valence-corrected chi connectivity index (χ3v) is 8.55. The highest BCUT2D eigenvalue weighted by Gasteiger charge is 2.34. The molecule has 0 saturated heterocycles. The molecule has 8 nitrogen and oxygen atoms in total. The fourth-order valence-electron chi connectivity index (χ4n) is 4.24. The van der Waals surface area contributed by atoms with Crippen molar-refractivity contribution in [1.82, 2.24) is 10.2 Å². The van der Waals surface area contributed by atoms with Gasteiger partial charge in [0.25, 0.3) is 10.0 Å². The van der Waals surface area contributed by atoms with Crippen molar-refractivity contribution in [2.24, 2.45) is 0 Å². The fourth-order valence-corrected chi connectivity index (χ4v) is 5.90. The second-order valence-corrected chi connectivity index (χ2v) is 11.2. The SMILES string of the molecule is CCNC(=O)C(CC)N(Cc1ccc(OC)cc1)C(=O)CN(c1cccc(Cl)c1C)S(=O)(=O)c1ccccc1. The summed E-state index contributed by atoms with van der Waals surface area (Å²) < 4.78 is 34.1. The number of halogens is 1. The quantitative estimate of drug-likeness (QED) is 0.337. The lowest BCUT2D eigenvalue weighted by atomic mass is 10.1. The van der Waals surface area contributed by atoms with Crippen LogP contribution in [0.2, 0.25) is 5.02 Å². The number of rotatable bonds is 12. The van der Waals surface area contributed by atoms with Gasteiger partial charge >= 0.3 is 0 Å². The van der Waals surface area contributed by atoms with Crippen LogP contribution in [-0.4, -0.2) is 51.4 Å². The Morgan fingerprint density at radius 2 is 1.64 bits per heavy atom. The number of ether oxygens (including phenoxy) is 1. The maximum absolute atomic E-state index is 14.0. The summed E-state index contributed by atoms with van der Waals surface area (Å²) in [6.07, 6.45) is 0.343. The average molecular weight is 572 g/mol. The van der Waals surface area contributed by atoms with E-state index in [-0.39, 0.29) is 23.0 Å². The highest BCUT2D eigenvalue weighted by Crippen LogP contribution is 2.31. The summed E-state index contributed by atoms with van der Waals surface area (Å²) in [6.45, 7) is 5.30. The molecule has 0 bridgehead atoms. The molecule has 0 spiro atoms. The zero-order valence-electron chi connectivity index (χ0n) is 22.6. The van der Waals surface area contributed by atoms with Gasteiger partial charge in [0.2, 0.25) is 11.8 Å². The number of hydrogen-bond donors (Lipinski definition) is 1. The van der Waals surface area contributed by atoms with Crippen molar-refractivity contribution < 1.29 is 22.7 Å². The van der Waals surface area contributed by atoms with E-state index < -0.39 is 28.5 Å². The van der Waals surface area contributed by atoms with Crippen LogP contribution in [0.1, 0.15) is 31.4 Å². The van der Waals surface area contributed by atoms with Crippen LogP contribution in [0.15, 0.2) is 77.7 Å². The first-order chi connectivity index (χ1) is 18.6. The van der Waals surface area contributed by atoms with Gasteiger partial charge < -0.3 is 15.0 Å². The second kappa shape index (κ2) is 13.5. The van der Waals surface area contributed by atoms with E-state index in [1.807, 2.05) is 19.1 Å². The second-order valence-electron chi connectivity index (χ2n) is 8.90. The van der Waals surface area contributed by atoms with Gasteiger partial charge in [-0.05, 0) is 67.8 Å². The van der Waals surface area contributed by atoms with Gasteiger partial charge in [-0.2, -0.15) is 0 Å². The molecular weight excluding hydrogens is 538 g/mol. The van der Waals surface area contributed by atoms with Crippen molar-refractivity contribution in [2.45, 2.75) is 44.7 Å². The molecule has 39 heavy (non-hydrogen) atoms. The first-order valence-electron chi connectivity index (χ1n) is 12.7. The molecule has 0 fully saturated rings. The number of carbonyl (C=O) groups is 2. The first-order valence-corrected chi connectivity index (χ1v) is 14.5. The first kappa shape index (κ1) is 30.0. The van der Waals surface area contributed by atoms with Gasteiger partial charge in [0.1, 0.15) is 18.3 Å². The lowest BCUT2D eigenvalue weighted by Gasteiger charge is -2.33. The summed E-state index contributed by atoms with van der Waals surface area (Å²) in [5.41, 5.74) is 1.57. The number of methoxy groups -OCH3 is 1. The van der Waals surface area contributed by atoms with E-state index in [0.29, 0.717) is 29.3 Å². The predicted molar refractivity (Wildman–Crippen MR) is 153 cm³/mol. The molecule has 0 heterocycles. The minimum absolute atomic E-state index is 0.0367. The number of sulfonamides is 1. The van der Waals surface area contributed by atoms with Gasteiger partial charge in [-0.25, -0.2) is 8.42 Å². The van der Waals surface area contributed by atoms with Gasteiger partial charge in [0.15, 0.2) is 0 Å². The van der Waals surface area contributed by atoms with Crippen LogP contribution in [-0.2, 0) is 26.2 Å². The van der Waals surface area contributed by atoms with Gasteiger partial charge in [-0.3, -0.25) is 13.9 Å². The van der Waals surface area contributed by atoms with Gasteiger partial charge in [-0.15, -0.1) is 0 Å². The van der Waals surface area contributed by atoms with Crippen molar-refractivity contribution in [3.63, 3.8) is 0 Å². The van der Waals surface area contributed by atoms with Crippen LogP contribution < -0.4 is 14.4 Å². The Morgan fingerprint density at radius 3 is 2.23 bits per heavy atom. The zero-order chi connectivity index (χ0) is 28.6. The normalized spacial score (nSPS) is 11.9. The summed E-state index contributed by atoms with van der Waals surface area (Å²) in [6, 6.07) is 19.2.